The molecular formula is C23H34N6O2. The summed E-state index contributed by atoms with van der Waals surface area (Å²) in [6.07, 6.45) is 9.51. The van der Waals surface area contributed by atoms with Crippen LogP contribution in [0.2, 0.25) is 0 Å². The van der Waals surface area contributed by atoms with Crippen molar-refractivity contribution in [2.24, 2.45) is 0 Å². The fourth-order valence-electron chi connectivity index (χ4n) is 5.03. The van der Waals surface area contributed by atoms with Crippen LogP contribution in [-0.2, 0) is 11.3 Å². The highest BCUT2D eigenvalue weighted by Crippen LogP contribution is 2.31. The molecule has 0 unspecified atom stereocenters. The predicted octanol–water partition coefficient (Wildman–Crippen LogP) is 2.95. The second-order valence-electron chi connectivity index (χ2n) is 9.07. The summed E-state index contributed by atoms with van der Waals surface area (Å²) in [6.45, 7) is 5.63. The van der Waals surface area contributed by atoms with Crippen LogP contribution in [-0.4, -0.2) is 56.8 Å². The summed E-state index contributed by atoms with van der Waals surface area (Å²) in [6, 6.07) is 4.48. The number of methoxy groups -OCH3 is 1. The van der Waals surface area contributed by atoms with Gasteiger partial charge in [-0.1, -0.05) is 31.7 Å². The smallest absolute Gasteiger partial charge is 0.237 e. The van der Waals surface area contributed by atoms with Gasteiger partial charge >= 0.3 is 0 Å². The molecule has 2 atom stereocenters. The van der Waals surface area contributed by atoms with E-state index in [4.69, 9.17) is 4.74 Å². The Labute approximate surface area is 184 Å². The number of carbonyl (C=O) groups is 1. The maximum Gasteiger partial charge on any atom is 0.237 e. The molecule has 2 aromatic rings. The average molecular weight is 427 g/mol. The van der Waals surface area contributed by atoms with Crippen LogP contribution in [0.25, 0.3) is 0 Å². The highest BCUT2D eigenvalue weighted by Gasteiger charge is 2.39. The fourth-order valence-corrected chi connectivity index (χ4v) is 5.03. The minimum atomic E-state index is -0.181. The zero-order chi connectivity index (χ0) is 21.8. The standard InChI is InChI=1S/C23H34N6O2/c1-16-11-22(31-3)17(2)10-18(16)13-28-14-20(29-15-24-26-27-29)12-21(28)23(30)25-19-8-6-4-5-7-9-19/h10-11,15,19-21H,4-9,12-14H2,1-3H3,(H,25,30)/t20-,21-/m0/s1. The number of tetrazole rings is 1. The second kappa shape index (κ2) is 9.77. The van der Waals surface area contributed by atoms with Crippen LogP contribution in [0, 0.1) is 13.8 Å². The second-order valence-corrected chi connectivity index (χ2v) is 9.07. The molecule has 4 rings (SSSR count). The van der Waals surface area contributed by atoms with Gasteiger partial charge in [0.15, 0.2) is 0 Å². The van der Waals surface area contributed by atoms with Crippen molar-refractivity contribution in [1.29, 1.82) is 0 Å². The topological polar surface area (TPSA) is 85.2 Å². The first-order valence-electron chi connectivity index (χ1n) is 11.5. The quantitative estimate of drug-likeness (QED) is 0.715. The van der Waals surface area contributed by atoms with E-state index in [-0.39, 0.29) is 18.0 Å². The Balaban J connectivity index is 1.52. The maximum absolute atomic E-state index is 13.4. The van der Waals surface area contributed by atoms with Crippen molar-refractivity contribution >= 4 is 5.91 Å². The molecule has 168 valence electrons. The van der Waals surface area contributed by atoms with E-state index in [2.05, 4.69) is 51.7 Å². The first-order valence-corrected chi connectivity index (χ1v) is 11.5. The number of aromatic nitrogens is 4. The Morgan fingerprint density at radius 1 is 1.16 bits per heavy atom. The summed E-state index contributed by atoms with van der Waals surface area (Å²) in [5, 5.41) is 15.0. The summed E-state index contributed by atoms with van der Waals surface area (Å²) in [7, 11) is 1.70. The highest BCUT2D eigenvalue weighted by atomic mass is 16.5. The molecular weight excluding hydrogens is 392 g/mol. The Hall–Kier alpha value is -2.48. The number of hydrogen-bond donors (Lipinski definition) is 1. The summed E-state index contributed by atoms with van der Waals surface area (Å²) in [4.78, 5) is 15.6. The molecule has 2 heterocycles. The molecule has 0 bridgehead atoms. The SMILES string of the molecule is COc1cc(C)c(CN2C[C@@H](n3cnnn3)C[C@H]2C(=O)NC2CCCCCC2)cc1C. The highest BCUT2D eigenvalue weighted by molar-refractivity contribution is 5.82. The van der Waals surface area contributed by atoms with E-state index < -0.39 is 0 Å². The van der Waals surface area contributed by atoms with Gasteiger partial charge in [0.1, 0.15) is 12.1 Å². The lowest BCUT2D eigenvalue weighted by atomic mass is 10.0. The maximum atomic E-state index is 13.4. The van der Waals surface area contributed by atoms with E-state index in [0.29, 0.717) is 6.04 Å². The largest absolute Gasteiger partial charge is 0.496 e. The molecule has 1 N–H and O–H groups in total. The average Bonchev–Trinajstić information content (AvgIpc) is 3.36. The number of aryl methyl sites for hydroxylation is 2. The first-order chi connectivity index (χ1) is 15.0. The molecule has 8 heteroatoms. The number of benzene rings is 1. The third kappa shape index (κ3) is 5.06. The van der Waals surface area contributed by atoms with Crippen molar-refractivity contribution in [1.82, 2.24) is 30.4 Å². The molecule has 1 aliphatic heterocycles. The van der Waals surface area contributed by atoms with Crippen LogP contribution in [0.5, 0.6) is 5.75 Å². The van der Waals surface area contributed by atoms with Gasteiger partial charge < -0.3 is 10.1 Å². The van der Waals surface area contributed by atoms with Crippen molar-refractivity contribution in [2.75, 3.05) is 13.7 Å². The van der Waals surface area contributed by atoms with E-state index >= 15 is 0 Å². The summed E-state index contributed by atoms with van der Waals surface area (Å²) < 4.78 is 7.26. The summed E-state index contributed by atoms with van der Waals surface area (Å²) in [5.74, 6) is 1.04. The molecule has 1 aromatic carbocycles. The van der Waals surface area contributed by atoms with Gasteiger partial charge in [-0.25, -0.2) is 4.68 Å². The number of carbonyl (C=O) groups excluding carboxylic acids is 1. The van der Waals surface area contributed by atoms with Gasteiger partial charge in [0.2, 0.25) is 5.91 Å². The molecule has 1 aliphatic carbocycles. The fraction of sp³-hybridized carbons (Fsp3) is 0.652. The number of hydrogen-bond acceptors (Lipinski definition) is 6. The van der Waals surface area contributed by atoms with Crippen LogP contribution in [0.4, 0.5) is 0 Å². The molecule has 1 saturated carbocycles. The van der Waals surface area contributed by atoms with Crippen molar-refractivity contribution in [3.8, 4) is 5.75 Å². The Kier molecular flexibility index (Phi) is 6.85. The molecule has 1 saturated heterocycles. The molecule has 31 heavy (non-hydrogen) atoms. The number of ether oxygens (including phenoxy) is 1. The summed E-state index contributed by atoms with van der Waals surface area (Å²) in [5.41, 5.74) is 3.51. The van der Waals surface area contributed by atoms with Gasteiger partial charge in [-0.15, -0.1) is 5.10 Å². The number of amides is 1. The van der Waals surface area contributed by atoms with Gasteiger partial charge in [-0.3, -0.25) is 9.69 Å². The molecule has 8 nitrogen and oxygen atoms in total. The lowest BCUT2D eigenvalue weighted by molar-refractivity contribution is -0.126. The molecule has 2 aliphatic rings. The van der Waals surface area contributed by atoms with Gasteiger partial charge in [-0.05, 0) is 66.3 Å². The zero-order valence-electron chi connectivity index (χ0n) is 18.9. The van der Waals surface area contributed by atoms with Crippen LogP contribution in [0.1, 0.15) is 67.7 Å². The Morgan fingerprint density at radius 2 is 1.94 bits per heavy atom. The van der Waals surface area contributed by atoms with E-state index in [1.165, 1.54) is 36.8 Å². The lowest BCUT2D eigenvalue weighted by Crippen LogP contribution is -2.46. The molecule has 2 fully saturated rings. The molecule has 1 amide bonds. The van der Waals surface area contributed by atoms with E-state index in [9.17, 15) is 4.79 Å². The first kappa shape index (κ1) is 21.7. The van der Waals surface area contributed by atoms with Gasteiger partial charge in [0.25, 0.3) is 0 Å². The van der Waals surface area contributed by atoms with Gasteiger partial charge in [-0.2, -0.15) is 0 Å². The summed E-state index contributed by atoms with van der Waals surface area (Å²) >= 11 is 0. The monoisotopic (exact) mass is 426 g/mol. The Bertz CT molecular complexity index is 876. The number of nitrogens with zero attached hydrogens (tertiary/aromatic N) is 5. The van der Waals surface area contributed by atoms with Gasteiger partial charge in [0.05, 0.1) is 19.2 Å². The molecule has 0 spiro atoms. The van der Waals surface area contributed by atoms with Crippen molar-refractivity contribution < 1.29 is 9.53 Å². The van der Waals surface area contributed by atoms with E-state index in [1.54, 1.807) is 18.1 Å². The van der Waals surface area contributed by atoms with Crippen LogP contribution < -0.4 is 10.1 Å². The van der Waals surface area contributed by atoms with Crippen molar-refractivity contribution in [3.63, 3.8) is 0 Å². The zero-order valence-corrected chi connectivity index (χ0v) is 18.9. The number of rotatable bonds is 6. The molecule has 1 aromatic heterocycles. The third-order valence-electron chi connectivity index (χ3n) is 6.85. The Morgan fingerprint density at radius 3 is 2.61 bits per heavy atom. The van der Waals surface area contributed by atoms with Crippen molar-refractivity contribution in [3.05, 3.63) is 35.2 Å². The third-order valence-corrected chi connectivity index (χ3v) is 6.85. The van der Waals surface area contributed by atoms with Gasteiger partial charge in [0, 0.05) is 19.1 Å². The predicted molar refractivity (Wildman–Crippen MR) is 118 cm³/mol. The normalized spacial score (nSPS) is 22.9. The molecule has 0 radical (unpaired) electrons. The van der Waals surface area contributed by atoms with Crippen LogP contribution in [0.15, 0.2) is 18.5 Å². The van der Waals surface area contributed by atoms with E-state index in [0.717, 1.165) is 43.7 Å². The number of nitrogens with one attached hydrogen (secondary N) is 1. The minimum absolute atomic E-state index is 0.0968. The van der Waals surface area contributed by atoms with E-state index in [1.807, 2.05) is 0 Å². The number of likely N-dealkylation sites (tertiary alicyclic amines) is 1. The lowest BCUT2D eigenvalue weighted by Gasteiger charge is -2.27. The minimum Gasteiger partial charge on any atom is -0.496 e. The van der Waals surface area contributed by atoms with Crippen LogP contribution in [0.3, 0.4) is 0 Å². The van der Waals surface area contributed by atoms with Crippen molar-refractivity contribution in [2.45, 2.75) is 83.5 Å². The van der Waals surface area contributed by atoms with Crippen LogP contribution >= 0.6 is 0 Å².